The van der Waals surface area contributed by atoms with Crippen molar-refractivity contribution in [3.8, 4) is 11.5 Å². The molecule has 0 amide bonds. The van der Waals surface area contributed by atoms with Crippen LogP contribution in [0.5, 0.6) is 11.5 Å². The molecule has 5 heteroatoms. The summed E-state index contributed by atoms with van der Waals surface area (Å²) in [7, 11) is 0. The van der Waals surface area contributed by atoms with Crippen LogP contribution in [0.2, 0.25) is 0 Å². The van der Waals surface area contributed by atoms with Crippen LogP contribution in [0.3, 0.4) is 0 Å². The predicted molar refractivity (Wildman–Crippen MR) is 139 cm³/mol. The zero-order chi connectivity index (χ0) is 22.3. The largest absolute Gasteiger partial charge is 0.457 e. The minimum absolute atomic E-state index is 0.0185. The van der Waals surface area contributed by atoms with Crippen LogP contribution in [-0.2, 0) is 0 Å². The number of thioether (sulfide) groups is 1. The number of ketones is 1. The van der Waals surface area contributed by atoms with Gasteiger partial charge in [0.25, 0.3) is 0 Å². The Morgan fingerprint density at radius 3 is 1.88 bits per heavy atom. The minimum atomic E-state index is -0.0185. The van der Waals surface area contributed by atoms with E-state index in [0.29, 0.717) is 10.5 Å². The Hall–Kier alpha value is -2.60. The van der Waals surface area contributed by atoms with Crippen molar-refractivity contribution in [3.05, 3.63) is 128 Å². The number of rotatable bonds is 7. The lowest BCUT2D eigenvalue weighted by Gasteiger charge is -2.09. The number of carbonyl (C=O) groups excluding carboxylic acids is 1. The van der Waals surface area contributed by atoms with E-state index in [-0.39, 0.29) is 5.78 Å². The molecule has 0 N–H and O–H groups in total. The molecule has 32 heavy (non-hydrogen) atoms. The van der Waals surface area contributed by atoms with Gasteiger partial charge in [-0.25, -0.2) is 0 Å². The molecule has 0 atom stereocenters. The second kappa shape index (κ2) is 10.8. The first kappa shape index (κ1) is 22.6. The molecule has 4 aromatic carbocycles. The van der Waals surface area contributed by atoms with Crippen LogP contribution in [0.4, 0.5) is 0 Å². The topological polar surface area (TPSA) is 26.3 Å². The maximum atomic E-state index is 13.3. The van der Waals surface area contributed by atoms with Crippen molar-refractivity contribution in [3.63, 3.8) is 0 Å². The first-order valence-corrected chi connectivity index (χ1v) is 12.3. The first-order valence-electron chi connectivity index (χ1n) is 9.85. The van der Waals surface area contributed by atoms with Crippen molar-refractivity contribution < 1.29 is 9.53 Å². The molecule has 0 saturated heterocycles. The lowest BCUT2D eigenvalue weighted by atomic mass is 10.1. The van der Waals surface area contributed by atoms with Gasteiger partial charge in [-0.15, -0.1) is 0 Å². The number of halogens is 2. The van der Waals surface area contributed by atoms with Crippen molar-refractivity contribution in [1.82, 2.24) is 0 Å². The SMILES string of the molecule is O=C(/C(=C\c1ccc(Oc2ccccc2)cc1)Sc1ccc(Br)cc1)c1ccc(Br)cc1. The van der Waals surface area contributed by atoms with Crippen molar-refractivity contribution in [1.29, 1.82) is 0 Å². The van der Waals surface area contributed by atoms with E-state index in [2.05, 4.69) is 31.9 Å². The standard InChI is InChI=1S/C27H18Br2O2S/c28-21-10-8-20(9-11-21)27(30)26(32-25-16-12-22(29)13-17-25)18-19-6-14-24(15-7-19)31-23-4-2-1-3-5-23/h1-18H/b26-18+. The maximum Gasteiger partial charge on any atom is 0.199 e. The second-order valence-electron chi connectivity index (χ2n) is 6.88. The Bertz CT molecular complexity index is 1220. The summed E-state index contributed by atoms with van der Waals surface area (Å²) in [6.45, 7) is 0. The van der Waals surface area contributed by atoms with Gasteiger partial charge in [-0.05, 0) is 84.4 Å². The molecule has 0 spiro atoms. The molecule has 0 unspecified atom stereocenters. The van der Waals surface area contributed by atoms with Gasteiger partial charge in [-0.1, -0.05) is 74.0 Å². The monoisotopic (exact) mass is 564 g/mol. The van der Waals surface area contributed by atoms with E-state index in [1.165, 1.54) is 11.8 Å². The number of ether oxygens (including phenoxy) is 1. The van der Waals surface area contributed by atoms with E-state index in [1.807, 2.05) is 109 Å². The van der Waals surface area contributed by atoms with E-state index >= 15 is 0 Å². The summed E-state index contributed by atoms with van der Waals surface area (Å²) >= 11 is 8.34. The highest BCUT2D eigenvalue weighted by Crippen LogP contribution is 2.32. The molecule has 4 rings (SSSR count). The zero-order valence-electron chi connectivity index (χ0n) is 16.9. The van der Waals surface area contributed by atoms with Crippen LogP contribution >= 0.6 is 43.6 Å². The number of benzene rings is 4. The summed E-state index contributed by atoms with van der Waals surface area (Å²) in [5, 5.41) is 0. The molecule has 2 nitrogen and oxygen atoms in total. The molecule has 0 saturated carbocycles. The Kier molecular flexibility index (Phi) is 7.63. The lowest BCUT2D eigenvalue weighted by Crippen LogP contribution is -2.01. The number of hydrogen-bond acceptors (Lipinski definition) is 3. The van der Waals surface area contributed by atoms with Crippen molar-refractivity contribution in [2.24, 2.45) is 0 Å². The minimum Gasteiger partial charge on any atom is -0.457 e. The fraction of sp³-hybridized carbons (Fsp3) is 0. The average Bonchev–Trinajstić information content (AvgIpc) is 2.82. The Balaban J connectivity index is 1.61. The molecule has 0 bridgehead atoms. The normalized spacial score (nSPS) is 11.2. The molecule has 0 fully saturated rings. The van der Waals surface area contributed by atoms with Gasteiger partial charge in [-0.2, -0.15) is 0 Å². The van der Waals surface area contributed by atoms with E-state index in [9.17, 15) is 4.79 Å². The van der Waals surface area contributed by atoms with E-state index in [0.717, 1.165) is 30.9 Å². The number of hydrogen-bond donors (Lipinski definition) is 0. The average molecular weight is 566 g/mol. The summed E-state index contributed by atoms with van der Waals surface area (Å²) < 4.78 is 7.81. The van der Waals surface area contributed by atoms with Crippen LogP contribution in [0, 0.1) is 0 Å². The van der Waals surface area contributed by atoms with Gasteiger partial charge in [0.05, 0.1) is 4.91 Å². The van der Waals surface area contributed by atoms with Crippen LogP contribution in [0.1, 0.15) is 15.9 Å². The van der Waals surface area contributed by atoms with Gasteiger partial charge in [-0.3, -0.25) is 4.79 Å². The van der Waals surface area contributed by atoms with Crippen LogP contribution in [-0.4, -0.2) is 5.78 Å². The quantitative estimate of drug-likeness (QED) is 0.127. The van der Waals surface area contributed by atoms with Crippen LogP contribution < -0.4 is 4.74 Å². The number of carbonyl (C=O) groups is 1. The fourth-order valence-electron chi connectivity index (χ4n) is 2.92. The molecule has 0 heterocycles. The summed E-state index contributed by atoms with van der Waals surface area (Å²) in [5.74, 6) is 1.51. The third-order valence-electron chi connectivity index (χ3n) is 4.53. The molecular weight excluding hydrogens is 548 g/mol. The molecule has 0 aliphatic heterocycles. The van der Waals surface area contributed by atoms with Gasteiger partial charge < -0.3 is 4.74 Å². The molecule has 0 radical (unpaired) electrons. The van der Waals surface area contributed by atoms with Crippen molar-refractivity contribution >= 4 is 55.5 Å². The Morgan fingerprint density at radius 1 is 0.688 bits per heavy atom. The molecule has 158 valence electrons. The third kappa shape index (κ3) is 6.22. The molecule has 4 aromatic rings. The molecule has 0 aliphatic rings. The fourth-order valence-corrected chi connectivity index (χ4v) is 4.38. The number of para-hydroxylation sites is 1. The van der Waals surface area contributed by atoms with Crippen molar-refractivity contribution in [2.75, 3.05) is 0 Å². The highest BCUT2D eigenvalue weighted by atomic mass is 79.9. The summed E-state index contributed by atoms with van der Waals surface area (Å²) in [4.78, 5) is 14.9. The van der Waals surface area contributed by atoms with Gasteiger partial charge in [0.15, 0.2) is 5.78 Å². The second-order valence-corrected chi connectivity index (χ2v) is 9.83. The van der Waals surface area contributed by atoms with E-state index < -0.39 is 0 Å². The summed E-state index contributed by atoms with van der Waals surface area (Å²) in [6.07, 6.45) is 1.92. The smallest absolute Gasteiger partial charge is 0.199 e. The maximum absolute atomic E-state index is 13.3. The molecule has 0 aromatic heterocycles. The van der Waals surface area contributed by atoms with Crippen molar-refractivity contribution in [2.45, 2.75) is 4.90 Å². The predicted octanol–water partition coefficient (Wildman–Crippen LogP) is 9.02. The van der Waals surface area contributed by atoms with Crippen LogP contribution in [0.25, 0.3) is 6.08 Å². The lowest BCUT2D eigenvalue weighted by molar-refractivity contribution is 0.104. The van der Waals surface area contributed by atoms with Gasteiger partial charge in [0.1, 0.15) is 11.5 Å². The number of allylic oxidation sites excluding steroid dienone is 1. The number of Topliss-reactive ketones (excluding diaryl/α,β-unsaturated/α-hetero) is 1. The van der Waals surface area contributed by atoms with Crippen LogP contribution in [0.15, 0.2) is 122 Å². The molecule has 0 aliphatic carbocycles. The summed E-state index contributed by atoms with van der Waals surface area (Å²) in [6, 6.07) is 32.7. The highest BCUT2D eigenvalue weighted by Gasteiger charge is 2.14. The first-order chi connectivity index (χ1) is 15.6. The Morgan fingerprint density at radius 2 is 1.25 bits per heavy atom. The van der Waals surface area contributed by atoms with E-state index in [4.69, 9.17) is 4.74 Å². The van der Waals surface area contributed by atoms with Gasteiger partial charge in [0, 0.05) is 19.4 Å². The Labute approximate surface area is 208 Å². The third-order valence-corrected chi connectivity index (χ3v) is 6.62. The van der Waals surface area contributed by atoms with E-state index in [1.54, 1.807) is 0 Å². The van der Waals surface area contributed by atoms with Gasteiger partial charge >= 0.3 is 0 Å². The highest BCUT2D eigenvalue weighted by molar-refractivity contribution is 9.10. The zero-order valence-corrected chi connectivity index (χ0v) is 20.9. The summed E-state index contributed by atoms with van der Waals surface area (Å²) in [5.41, 5.74) is 1.57. The van der Waals surface area contributed by atoms with Gasteiger partial charge in [0.2, 0.25) is 0 Å². The molecular formula is C27H18Br2O2S.